The summed E-state index contributed by atoms with van der Waals surface area (Å²) in [7, 11) is 0. The molecule has 0 saturated heterocycles. The Hall–Kier alpha value is -0.330. The summed E-state index contributed by atoms with van der Waals surface area (Å²) in [5, 5.41) is 0. The summed E-state index contributed by atoms with van der Waals surface area (Å²) < 4.78 is 0. The highest BCUT2D eigenvalue weighted by atomic mass is 16.1. The minimum absolute atomic E-state index is 0.289. The fourth-order valence-corrected chi connectivity index (χ4v) is 1.37. The van der Waals surface area contributed by atoms with Crippen LogP contribution in [0, 0.1) is 11.3 Å². The maximum absolute atomic E-state index is 10.3. The molecule has 66 valence electrons. The van der Waals surface area contributed by atoms with Gasteiger partial charge in [-0.25, -0.2) is 0 Å². The molecular formula is C10H20O. The van der Waals surface area contributed by atoms with Gasteiger partial charge in [-0.3, -0.25) is 0 Å². The smallest absolute Gasteiger partial charge is 0.120 e. The molecule has 0 N–H and O–H groups in total. The van der Waals surface area contributed by atoms with Crippen molar-refractivity contribution in [2.75, 3.05) is 0 Å². The van der Waals surface area contributed by atoms with Crippen LogP contribution < -0.4 is 0 Å². The normalized spacial score (nSPS) is 14.5. The first kappa shape index (κ1) is 10.7. The molecule has 0 heterocycles. The molecule has 0 aliphatic rings. The van der Waals surface area contributed by atoms with Crippen LogP contribution in [0.25, 0.3) is 0 Å². The number of aldehydes is 1. The molecule has 1 heteroatoms. The fraction of sp³-hybridized carbons (Fsp3) is 0.900. The molecule has 0 radical (unpaired) electrons. The van der Waals surface area contributed by atoms with Gasteiger partial charge in [-0.2, -0.15) is 0 Å². The molecule has 1 atom stereocenters. The second-order valence-electron chi connectivity index (χ2n) is 4.25. The highest BCUT2D eigenvalue weighted by Crippen LogP contribution is 2.31. The third-order valence-electron chi connectivity index (χ3n) is 2.24. The van der Waals surface area contributed by atoms with Crippen LogP contribution in [0.5, 0.6) is 0 Å². The Bertz CT molecular complexity index is 111. The van der Waals surface area contributed by atoms with Crippen LogP contribution in [-0.2, 0) is 4.79 Å². The van der Waals surface area contributed by atoms with Crippen LogP contribution in [0.4, 0.5) is 0 Å². The maximum atomic E-state index is 10.3. The van der Waals surface area contributed by atoms with Crippen LogP contribution in [0.1, 0.15) is 47.0 Å². The molecule has 0 fully saturated rings. The average Bonchev–Trinajstić information content (AvgIpc) is 1.85. The van der Waals surface area contributed by atoms with Gasteiger partial charge in [-0.05, 0) is 17.8 Å². The van der Waals surface area contributed by atoms with Gasteiger partial charge in [-0.15, -0.1) is 0 Å². The third kappa shape index (κ3) is 4.18. The summed E-state index contributed by atoms with van der Waals surface area (Å²) in [6, 6.07) is 0. The van der Waals surface area contributed by atoms with Crippen molar-refractivity contribution in [1.82, 2.24) is 0 Å². The highest BCUT2D eigenvalue weighted by Gasteiger charge is 2.22. The van der Waals surface area contributed by atoms with E-state index in [1.807, 2.05) is 0 Å². The maximum Gasteiger partial charge on any atom is 0.120 e. The minimum atomic E-state index is 0.289. The molecule has 0 spiro atoms. The van der Waals surface area contributed by atoms with Gasteiger partial charge in [0.2, 0.25) is 0 Å². The van der Waals surface area contributed by atoms with E-state index >= 15 is 0 Å². The van der Waals surface area contributed by atoms with Crippen molar-refractivity contribution in [2.45, 2.75) is 47.0 Å². The van der Waals surface area contributed by atoms with Crippen LogP contribution >= 0.6 is 0 Å². The van der Waals surface area contributed by atoms with Crippen molar-refractivity contribution in [3.63, 3.8) is 0 Å². The second kappa shape index (κ2) is 4.53. The third-order valence-corrected chi connectivity index (χ3v) is 2.24. The lowest BCUT2D eigenvalue weighted by atomic mass is 9.77. The van der Waals surface area contributed by atoms with E-state index in [4.69, 9.17) is 0 Å². The first-order chi connectivity index (χ1) is 5.02. The van der Waals surface area contributed by atoms with Crippen molar-refractivity contribution >= 4 is 6.29 Å². The van der Waals surface area contributed by atoms with Gasteiger partial charge in [0.1, 0.15) is 6.29 Å². The van der Waals surface area contributed by atoms with Crippen molar-refractivity contribution in [2.24, 2.45) is 11.3 Å². The molecule has 0 rings (SSSR count). The molecule has 0 unspecified atom stereocenters. The summed E-state index contributed by atoms with van der Waals surface area (Å²) >= 11 is 0. The molecule has 0 aliphatic carbocycles. The monoisotopic (exact) mass is 156 g/mol. The Balaban J connectivity index is 3.97. The Morgan fingerprint density at radius 1 is 1.36 bits per heavy atom. The van der Waals surface area contributed by atoms with Gasteiger partial charge in [0.25, 0.3) is 0 Å². The van der Waals surface area contributed by atoms with E-state index in [-0.39, 0.29) is 5.41 Å². The quantitative estimate of drug-likeness (QED) is 0.572. The summed E-state index contributed by atoms with van der Waals surface area (Å²) in [4.78, 5) is 10.3. The molecule has 0 aromatic carbocycles. The molecule has 11 heavy (non-hydrogen) atoms. The fourth-order valence-electron chi connectivity index (χ4n) is 1.37. The average molecular weight is 156 g/mol. The Kier molecular flexibility index (Phi) is 4.39. The van der Waals surface area contributed by atoms with Gasteiger partial charge in [0.05, 0.1) is 0 Å². The van der Waals surface area contributed by atoms with Gasteiger partial charge in [0.15, 0.2) is 0 Å². The zero-order valence-corrected chi connectivity index (χ0v) is 8.18. The number of carbonyl (C=O) groups is 1. The van der Waals surface area contributed by atoms with E-state index in [9.17, 15) is 4.79 Å². The van der Waals surface area contributed by atoms with E-state index < -0.39 is 0 Å². The van der Waals surface area contributed by atoms with E-state index in [1.165, 1.54) is 12.8 Å². The van der Waals surface area contributed by atoms with E-state index in [0.717, 1.165) is 12.7 Å². The highest BCUT2D eigenvalue weighted by molar-refractivity contribution is 5.49. The molecule has 0 aromatic heterocycles. The predicted octanol–water partition coefficient (Wildman–Crippen LogP) is 3.04. The molecule has 0 aliphatic heterocycles. The van der Waals surface area contributed by atoms with E-state index in [0.29, 0.717) is 5.92 Å². The summed E-state index contributed by atoms with van der Waals surface area (Å²) in [5.41, 5.74) is 0.289. The topological polar surface area (TPSA) is 17.1 Å². The van der Waals surface area contributed by atoms with Crippen molar-refractivity contribution < 1.29 is 4.79 Å². The van der Waals surface area contributed by atoms with Gasteiger partial charge in [0, 0.05) is 6.42 Å². The number of hydrogen-bond acceptors (Lipinski definition) is 1. The van der Waals surface area contributed by atoms with Crippen molar-refractivity contribution in [3.8, 4) is 0 Å². The van der Waals surface area contributed by atoms with Gasteiger partial charge >= 0.3 is 0 Å². The lowest BCUT2D eigenvalue weighted by Crippen LogP contribution is -2.20. The molecular weight excluding hydrogens is 136 g/mol. The summed E-state index contributed by atoms with van der Waals surface area (Å²) in [5.74, 6) is 0.560. The van der Waals surface area contributed by atoms with Crippen LogP contribution in [0.3, 0.4) is 0 Å². The minimum Gasteiger partial charge on any atom is -0.303 e. The molecule has 0 amide bonds. The first-order valence-electron chi connectivity index (χ1n) is 4.46. The predicted molar refractivity (Wildman–Crippen MR) is 48.5 cm³/mol. The Labute approximate surface area is 70.2 Å². The largest absolute Gasteiger partial charge is 0.303 e. The number of carbonyl (C=O) groups excluding carboxylic acids is 1. The van der Waals surface area contributed by atoms with Crippen molar-refractivity contribution in [3.05, 3.63) is 0 Å². The lowest BCUT2D eigenvalue weighted by molar-refractivity contribution is -0.109. The molecule has 0 bridgehead atoms. The lowest BCUT2D eigenvalue weighted by Gasteiger charge is -2.28. The molecule has 1 nitrogen and oxygen atoms in total. The standard InChI is InChI=1S/C10H20O/c1-5-6-9(7-8-11)10(2,3)4/h8-9H,5-7H2,1-4H3/t9-/m1/s1. The van der Waals surface area contributed by atoms with Crippen LogP contribution in [-0.4, -0.2) is 6.29 Å². The zero-order chi connectivity index (χ0) is 8.91. The number of rotatable bonds is 4. The molecule has 0 saturated carbocycles. The van der Waals surface area contributed by atoms with Crippen LogP contribution in [0.2, 0.25) is 0 Å². The summed E-state index contributed by atoms with van der Waals surface area (Å²) in [6.07, 6.45) is 4.11. The number of hydrogen-bond donors (Lipinski definition) is 0. The zero-order valence-electron chi connectivity index (χ0n) is 8.18. The van der Waals surface area contributed by atoms with E-state index in [1.54, 1.807) is 0 Å². The SMILES string of the molecule is CCC[C@H](CC=O)C(C)(C)C. The molecule has 0 aromatic rings. The van der Waals surface area contributed by atoms with Crippen LogP contribution in [0.15, 0.2) is 0 Å². The Morgan fingerprint density at radius 3 is 2.18 bits per heavy atom. The van der Waals surface area contributed by atoms with Gasteiger partial charge < -0.3 is 4.79 Å². The summed E-state index contributed by atoms with van der Waals surface area (Å²) in [6.45, 7) is 8.79. The van der Waals surface area contributed by atoms with E-state index in [2.05, 4.69) is 27.7 Å². The van der Waals surface area contributed by atoms with Crippen molar-refractivity contribution in [1.29, 1.82) is 0 Å². The van der Waals surface area contributed by atoms with Gasteiger partial charge in [-0.1, -0.05) is 34.1 Å². The second-order valence-corrected chi connectivity index (χ2v) is 4.25. The Morgan fingerprint density at radius 2 is 1.91 bits per heavy atom. The first-order valence-corrected chi connectivity index (χ1v) is 4.46.